The highest BCUT2D eigenvalue weighted by Crippen LogP contribution is 2.27. The predicted octanol–water partition coefficient (Wildman–Crippen LogP) is 5.16. The molecule has 0 aliphatic carbocycles. The van der Waals surface area contributed by atoms with Crippen molar-refractivity contribution in [3.05, 3.63) is 63.5 Å². The highest BCUT2D eigenvalue weighted by Gasteiger charge is 2.28. The van der Waals surface area contributed by atoms with Crippen LogP contribution in [0.2, 0.25) is 0 Å². The summed E-state index contributed by atoms with van der Waals surface area (Å²) in [6.45, 7) is 12.4. The van der Waals surface area contributed by atoms with Crippen molar-refractivity contribution in [2.24, 2.45) is 5.41 Å². The molecule has 0 aliphatic heterocycles. The Morgan fingerprint density at radius 2 is 1.68 bits per heavy atom. The van der Waals surface area contributed by atoms with E-state index in [9.17, 15) is 9.59 Å². The minimum absolute atomic E-state index is 0.0690. The SMILES string of the molecule is Cc1ccc(C(=O)N/C(=C\c2cccs2)C(=O)NC(C)(C)CC(C)(C)C)cc1. The molecule has 1 heterocycles. The van der Waals surface area contributed by atoms with Gasteiger partial charge in [-0.3, -0.25) is 9.59 Å². The maximum absolute atomic E-state index is 13.0. The van der Waals surface area contributed by atoms with Gasteiger partial charge in [0.05, 0.1) is 0 Å². The predicted molar refractivity (Wildman–Crippen MR) is 117 cm³/mol. The molecular weight excluding hydrogens is 368 g/mol. The fourth-order valence-electron chi connectivity index (χ4n) is 3.32. The average Bonchev–Trinajstić information content (AvgIpc) is 3.05. The van der Waals surface area contributed by atoms with Crippen LogP contribution in [-0.4, -0.2) is 17.4 Å². The molecule has 0 aliphatic rings. The number of amides is 2. The van der Waals surface area contributed by atoms with Crippen molar-refractivity contribution in [2.75, 3.05) is 0 Å². The van der Waals surface area contributed by atoms with Gasteiger partial charge in [-0.25, -0.2) is 0 Å². The number of benzene rings is 1. The van der Waals surface area contributed by atoms with Crippen molar-refractivity contribution in [3.8, 4) is 0 Å². The van der Waals surface area contributed by atoms with Crippen LogP contribution in [0.15, 0.2) is 47.5 Å². The van der Waals surface area contributed by atoms with Gasteiger partial charge in [-0.05, 0) is 62.3 Å². The Bertz CT molecular complexity index is 842. The van der Waals surface area contributed by atoms with Gasteiger partial charge in [0, 0.05) is 16.0 Å². The molecule has 1 aromatic carbocycles. The topological polar surface area (TPSA) is 58.2 Å². The molecule has 2 aromatic rings. The van der Waals surface area contributed by atoms with Gasteiger partial charge in [-0.2, -0.15) is 0 Å². The van der Waals surface area contributed by atoms with Crippen LogP contribution in [-0.2, 0) is 4.79 Å². The van der Waals surface area contributed by atoms with Crippen molar-refractivity contribution in [3.63, 3.8) is 0 Å². The van der Waals surface area contributed by atoms with E-state index in [0.717, 1.165) is 16.9 Å². The van der Waals surface area contributed by atoms with Gasteiger partial charge in [0.15, 0.2) is 0 Å². The standard InChI is InChI=1S/C23H30N2O2S/c1-16-9-11-17(12-10-16)20(26)24-19(14-18-8-7-13-28-18)21(27)25-23(5,6)15-22(2,3)4/h7-14H,15H2,1-6H3,(H,24,26)(H,25,27)/b19-14-. The normalized spacial score (nSPS) is 12.6. The van der Waals surface area contributed by atoms with Gasteiger partial charge in [0.25, 0.3) is 11.8 Å². The van der Waals surface area contributed by atoms with E-state index in [1.807, 2.05) is 50.4 Å². The van der Waals surface area contributed by atoms with E-state index >= 15 is 0 Å². The minimum Gasteiger partial charge on any atom is -0.346 e. The summed E-state index contributed by atoms with van der Waals surface area (Å²) < 4.78 is 0. The number of aryl methyl sites for hydroxylation is 1. The van der Waals surface area contributed by atoms with Gasteiger partial charge < -0.3 is 10.6 Å². The molecule has 0 atom stereocenters. The summed E-state index contributed by atoms with van der Waals surface area (Å²) in [6, 6.07) is 11.1. The number of carbonyl (C=O) groups excluding carboxylic acids is 2. The van der Waals surface area contributed by atoms with E-state index in [2.05, 4.69) is 31.4 Å². The first-order valence-electron chi connectivity index (χ1n) is 9.41. The minimum atomic E-state index is -0.404. The third-order valence-corrected chi connectivity index (χ3v) is 4.88. The van der Waals surface area contributed by atoms with E-state index in [1.54, 1.807) is 18.2 Å². The lowest BCUT2D eigenvalue weighted by Crippen LogP contribution is -2.48. The molecule has 0 spiro atoms. The molecule has 5 heteroatoms. The first kappa shape index (κ1) is 21.9. The summed E-state index contributed by atoms with van der Waals surface area (Å²) in [5.41, 5.74) is 1.50. The quantitative estimate of drug-likeness (QED) is 0.661. The highest BCUT2D eigenvalue weighted by molar-refractivity contribution is 7.10. The maximum atomic E-state index is 13.0. The molecule has 1 aromatic heterocycles. The Morgan fingerprint density at radius 3 is 2.21 bits per heavy atom. The first-order chi connectivity index (χ1) is 13.0. The van der Waals surface area contributed by atoms with Crippen molar-refractivity contribution in [1.29, 1.82) is 0 Å². The Morgan fingerprint density at radius 1 is 1.04 bits per heavy atom. The molecule has 0 unspecified atom stereocenters. The van der Waals surface area contributed by atoms with Crippen molar-refractivity contribution < 1.29 is 9.59 Å². The van der Waals surface area contributed by atoms with Gasteiger partial charge in [-0.15, -0.1) is 11.3 Å². The van der Waals surface area contributed by atoms with E-state index in [-0.39, 0.29) is 22.9 Å². The Balaban J connectivity index is 2.23. The lowest BCUT2D eigenvalue weighted by atomic mass is 9.82. The van der Waals surface area contributed by atoms with E-state index in [4.69, 9.17) is 0 Å². The van der Waals surface area contributed by atoms with Gasteiger partial charge in [-0.1, -0.05) is 44.5 Å². The highest BCUT2D eigenvalue weighted by atomic mass is 32.1. The van der Waals surface area contributed by atoms with Crippen molar-refractivity contribution in [2.45, 2.75) is 53.5 Å². The molecule has 0 saturated carbocycles. The first-order valence-corrected chi connectivity index (χ1v) is 10.3. The zero-order chi connectivity index (χ0) is 20.9. The van der Waals surface area contributed by atoms with Crippen LogP contribution in [0.3, 0.4) is 0 Å². The van der Waals surface area contributed by atoms with Gasteiger partial charge in [0.2, 0.25) is 0 Å². The number of thiophene rings is 1. The van der Waals surface area contributed by atoms with Gasteiger partial charge in [0.1, 0.15) is 5.70 Å². The molecule has 0 bridgehead atoms. The molecule has 2 N–H and O–H groups in total. The second kappa shape index (κ2) is 8.74. The van der Waals surface area contributed by atoms with E-state index < -0.39 is 5.54 Å². The van der Waals surface area contributed by atoms with Crippen molar-refractivity contribution >= 4 is 29.2 Å². The number of hydrogen-bond acceptors (Lipinski definition) is 3. The molecular formula is C23H30N2O2S. The Hall–Kier alpha value is -2.40. The second-order valence-electron chi connectivity index (χ2n) is 8.97. The summed E-state index contributed by atoms with van der Waals surface area (Å²) in [7, 11) is 0. The zero-order valence-electron chi connectivity index (χ0n) is 17.6. The maximum Gasteiger partial charge on any atom is 0.268 e. The van der Waals surface area contributed by atoms with Crippen LogP contribution >= 0.6 is 11.3 Å². The van der Waals surface area contributed by atoms with E-state index in [0.29, 0.717) is 5.56 Å². The average molecular weight is 399 g/mol. The van der Waals surface area contributed by atoms with E-state index in [1.165, 1.54) is 11.3 Å². The van der Waals surface area contributed by atoms with Crippen molar-refractivity contribution in [1.82, 2.24) is 10.6 Å². The number of carbonyl (C=O) groups is 2. The Kier molecular flexibility index (Phi) is 6.83. The fourth-order valence-corrected chi connectivity index (χ4v) is 3.98. The number of nitrogens with one attached hydrogen (secondary N) is 2. The fraction of sp³-hybridized carbons (Fsp3) is 0.391. The third-order valence-electron chi connectivity index (χ3n) is 4.06. The van der Waals surface area contributed by atoms with Crippen LogP contribution in [0, 0.1) is 12.3 Å². The van der Waals surface area contributed by atoms with Gasteiger partial charge >= 0.3 is 0 Å². The van der Waals surface area contributed by atoms with Crippen LogP contribution in [0.4, 0.5) is 0 Å². The summed E-state index contributed by atoms with van der Waals surface area (Å²) in [5.74, 6) is -0.588. The summed E-state index contributed by atoms with van der Waals surface area (Å²) in [4.78, 5) is 26.6. The zero-order valence-corrected chi connectivity index (χ0v) is 18.4. The molecule has 2 amide bonds. The third kappa shape index (κ3) is 6.97. The van der Waals surface area contributed by atoms with Crippen LogP contribution in [0.25, 0.3) is 6.08 Å². The smallest absolute Gasteiger partial charge is 0.268 e. The largest absolute Gasteiger partial charge is 0.346 e. The summed E-state index contributed by atoms with van der Waals surface area (Å²) in [5, 5.41) is 7.80. The molecule has 0 saturated heterocycles. The molecule has 4 nitrogen and oxygen atoms in total. The Labute approximate surface area is 172 Å². The molecule has 2 rings (SSSR count). The molecule has 0 radical (unpaired) electrons. The lowest BCUT2D eigenvalue weighted by molar-refractivity contribution is -0.119. The number of rotatable bonds is 6. The van der Waals surface area contributed by atoms with Crippen LogP contribution in [0.1, 0.15) is 61.8 Å². The summed E-state index contributed by atoms with van der Waals surface area (Å²) >= 11 is 1.51. The molecule has 0 fully saturated rings. The summed E-state index contributed by atoms with van der Waals surface area (Å²) in [6.07, 6.45) is 2.53. The lowest BCUT2D eigenvalue weighted by Gasteiger charge is -2.33. The molecule has 28 heavy (non-hydrogen) atoms. The van der Waals surface area contributed by atoms with Crippen LogP contribution in [0.5, 0.6) is 0 Å². The monoisotopic (exact) mass is 398 g/mol. The second-order valence-corrected chi connectivity index (χ2v) is 9.95. The number of hydrogen-bond donors (Lipinski definition) is 2. The van der Waals surface area contributed by atoms with Crippen LogP contribution < -0.4 is 10.6 Å². The molecule has 150 valence electrons.